The highest BCUT2D eigenvalue weighted by Gasteiger charge is 2.15. The van der Waals surface area contributed by atoms with Crippen LogP contribution in [0.3, 0.4) is 0 Å². The highest BCUT2D eigenvalue weighted by molar-refractivity contribution is 7.89. The van der Waals surface area contributed by atoms with Crippen LogP contribution < -0.4 is 19.7 Å². The molecule has 0 saturated carbocycles. The number of anilines is 2. The number of para-hydroxylation sites is 1. The predicted octanol–water partition coefficient (Wildman–Crippen LogP) is 1.80. The summed E-state index contributed by atoms with van der Waals surface area (Å²) in [6, 6.07) is 11.1. The summed E-state index contributed by atoms with van der Waals surface area (Å²) in [6.45, 7) is 4.72. The van der Waals surface area contributed by atoms with Crippen molar-refractivity contribution in [3.8, 4) is 5.75 Å². The fraction of sp³-hybridized carbons (Fsp3) is 0.474. The van der Waals surface area contributed by atoms with E-state index in [1.54, 1.807) is 12.1 Å². The highest BCUT2D eigenvalue weighted by atomic mass is 32.2. The van der Waals surface area contributed by atoms with Crippen molar-refractivity contribution >= 4 is 21.8 Å². The molecule has 1 fully saturated rings. The maximum absolute atomic E-state index is 12.1. The van der Waals surface area contributed by atoms with E-state index in [0.717, 1.165) is 24.6 Å². The monoisotopic (exact) mass is 405 g/mol. The van der Waals surface area contributed by atoms with Crippen molar-refractivity contribution in [1.82, 2.24) is 14.7 Å². The van der Waals surface area contributed by atoms with E-state index in [9.17, 15) is 8.42 Å². The predicted molar refractivity (Wildman–Crippen MR) is 110 cm³/mol. The Kier molecular flexibility index (Phi) is 7.05. The van der Waals surface area contributed by atoms with Gasteiger partial charge < -0.3 is 15.0 Å². The molecule has 0 unspecified atom stereocenters. The molecule has 0 spiro atoms. The van der Waals surface area contributed by atoms with Crippen LogP contribution in [-0.2, 0) is 10.0 Å². The van der Waals surface area contributed by atoms with Gasteiger partial charge in [-0.3, -0.25) is 0 Å². The summed E-state index contributed by atoms with van der Waals surface area (Å²) in [5.74, 6) is 2.01. The van der Waals surface area contributed by atoms with Crippen LogP contribution >= 0.6 is 0 Å². The summed E-state index contributed by atoms with van der Waals surface area (Å²) in [7, 11) is -3.40. The molecule has 9 heteroatoms. The molecule has 3 rings (SSSR count). The maximum Gasteiger partial charge on any atom is 0.224 e. The van der Waals surface area contributed by atoms with Crippen molar-refractivity contribution in [1.29, 1.82) is 0 Å². The quantitative estimate of drug-likeness (QED) is 0.582. The Balaban J connectivity index is 1.41. The van der Waals surface area contributed by atoms with Crippen molar-refractivity contribution in [2.24, 2.45) is 0 Å². The van der Waals surface area contributed by atoms with Gasteiger partial charge in [0.05, 0.1) is 5.75 Å². The molecule has 1 aromatic carbocycles. The summed E-state index contributed by atoms with van der Waals surface area (Å²) < 4.78 is 32.1. The summed E-state index contributed by atoms with van der Waals surface area (Å²) >= 11 is 0. The van der Waals surface area contributed by atoms with Gasteiger partial charge in [-0.05, 0) is 31.9 Å². The summed E-state index contributed by atoms with van der Waals surface area (Å²) in [6.07, 6.45) is 2.36. The zero-order valence-electron chi connectivity index (χ0n) is 16.1. The third kappa shape index (κ3) is 6.35. The molecule has 0 bridgehead atoms. The van der Waals surface area contributed by atoms with Crippen LogP contribution in [0, 0.1) is 6.92 Å². The maximum atomic E-state index is 12.1. The van der Waals surface area contributed by atoms with E-state index in [1.807, 2.05) is 31.2 Å². The Morgan fingerprint density at radius 1 is 1.11 bits per heavy atom. The van der Waals surface area contributed by atoms with Crippen LogP contribution in [-0.4, -0.2) is 56.9 Å². The first-order valence-electron chi connectivity index (χ1n) is 9.51. The van der Waals surface area contributed by atoms with Gasteiger partial charge in [-0.25, -0.2) is 18.1 Å². The lowest BCUT2D eigenvalue weighted by molar-refractivity contribution is 0.340. The normalized spacial score (nSPS) is 14.2. The summed E-state index contributed by atoms with van der Waals surface area (Å²) in [5.41, 5.74) is 0.887. The van der Waals surface area contributed by atoms with E-state index < -0.39 is 10.0 Å². The Hall–Kier alpha value is -2.39. The average Bonchev–Trinajstić information content (AvgIpc) is 3.20. The number of aromatic nitrogens is 2. The molecule has 8 nitrogen and oxygen atoms in total. The van der Waals surface area contributed by atoms with Crippen LogP contribution in [0.15, 0.2) is 36.4 Å². The number of hydrogen-bond acceptors (Lipinski definition) is 7. The van der Waals surface area contributed by atoms with Crippen LogP contribution in [0.4, 0.5) is 11.8 Å². The van der Waals surface area contributed by atoms with Gasteiger partial charge in [0.25, 0.3) is 0 Å². The second kappa shape index (κ2) is 9.70. The van der Waals surface area contributed by atoms with E-state index in [1.165, 1.54) is 12.8 Å². The fourth-order valence-corrected chi connectivity index (χ4v) is 3.84. The average molecular weight is 406 g/mol. The van der Waals surface area contributed by atoms with Crippen molar-refractivity contribution < 1.29 is 13.2 Å². The zero-order chi connectivity index (χ0) is 19.8. The third-order valence-corrected chi connectivity index (χ3v) is 5.71. The standard InChI is InChI=1S/C19H27N5O3S/c1-16-15-18(24-11-5-6-12-24)23-19(22-16)20-9-10-21-28(25,26)14-13-27-17-7-3-2-4-8-17/h2-4,7-8,15,21H,5-6,9-14H2,1H3,(H,20,22,23). The van der Waals surface area contributed by atoms with Crippen LogP contribution in [0.1, 0.15) is 18.5 Å². The molecule has 1 aliphatic heterocycles. The third-order valence-electron chi connectivity index (χ3n) is 4.36. The van der Waals surface area contributed by atoms with Crippen molar-refractivity contribution in [3.05, 3.63) is 42.1 Å². The first-order chi connectivity index (χ1) is 13.5. The van der Waals surface area contributed by atoms with Crippen molar-refractivity contribution in [2.75, 3.05) is 48.8 Å². The first kappa shape index (κ1) is 20.3. The fourth-order valence-electron chi connectivity index (χ4n) is 2.98. The van der Waals surface area contributed by atoms with Crippen LogP contribution in [0.25, 0.3) is 0 Å². The van der Waals surface area contributed by atoms with Gasteiger partial charge in [-0.1, -0.05) is 18.2 Å². The molecule has 0 atom stereocenters. The number of rotatable bonds is 10. The Morgan fingerprint density at radius 2 is 1.86 bits per heavy atom. The smallest absolute Gasteiger partial charge is 0.224 e. The molecular weight excluding hydrogens is 378 g/mol. The van der Waals surface area contributed by atoms with Crippen molar-refractivity contribution in [2.45, 2.75) is 19.8 Å². The molecule has 28 heavy (non-hydrogen) atoms. The molecule has 0 amide bonds. The number of benzene rings is 1. The van der Waals surface area contributed by atoms with Gasteiger partial charge >= 0.3 is 0 Å². The summed E-state index contributed by atoms with van der Waals surface area (Å²) in [4.78, 5) is 11.2. The van der Waals surface area contributed by atoms with Gasteiger partial charge in [0, 0.05) is 37.9 Å². The number of aryl methyl sites for hydroxylation is 1. The lowest BCUT2D eigenvalue weighted by Crippen LogP contribution is -2.33. The molecule has 0 aliphatic carbocycles. The van der Waals surface area contributed by atoms with Gasteiger partial charge in [0.1, 0.15) is 18.2 Å². The minimum absolute atomic E-state index is 0.0953. The van der Waals surface area contributed by atoms with Gasteiger partial charge in [-0.2, -0.15) is 4.98 Å². The Labute approximate surface area is 166 Å². The Morgan fingerprint density at radius 3 is 2.61 bits per heavy atom. The lowest BCUT2D eigenvalue weighted by atomic mass is 10.3. The highest BCUT2D eigenvalue weighted by Crippen LogP contribution is 2.19. The topological polar surface area (TPSA) is 96.5 Å². The second-order valence-corrected chi connectivity index (χ2v) is 8.61. The largest absolute Gasteiger partial charge is 0.492 e. The molecule has 152 valence electrons. The molecule has 0 radical (unpaired) electrons. The molecule has 1 saturated heterocycles. The number of nitrogens with one attached hydrogen (secondary N) is 2. The van der Waals surface area contributed by atoms with E-state index in [4.69, 9.17) is 4.74 Å². The van der Waals surface area contributed by atoms with E-state index in [0.29, 0.717) is 18.2 Å². The van der Waals surface area contributed by atoms with Crippen LogP contribution in [0.5, 0.6) is 5.75 Å². The minimum atomic E-state index is -3.40. The van der Waals surface area contributed by atoms with E-state index in [2.05, 4.69) is 24.9 Å². The van der Waals surface area contributed by atoms with Gasteiger partial charge in [-0.15, -0.1) is 0 Å². The minimum Gasteiger partial charge on any atom is -0.492 e. The second-order valence-electron chi connectivity index (χ2n) is 6.69. The van der Waals surface area contributed by atoms with Gasteiger partial charge in [0.2, 0.25) is 16.0 Å². The van der Waals surface area contributed by atoms with Crippen LogP contribution in [0.2, 0.25) is 0 Å². The first-order valence-corrected chi connectivity index (χ1v) is 11.2. The molecular formula is C19H27N5O3S. The zero-order valence-corrected chi connectivity index (χ0v) is 16.9. The number of hydrogen-bond donors (Lipinski definition) is 2. The number of nitrogens with zero attached hydrogens (tertiary/aromatic N) is 3. The number of sulfonamides is 1. The summed E-state index contributed by atoms with van der Waals surface area (Å²) in [5, 5.41) is 3.10. The molecule has 1 aliphatic rings. The molecule has 2 heterocycles. The van der Waals surface area contributed by atoms with E-state index in [-0.39, 0.29) is 18.9 Å². The Bertz CT molecular complexity index is 855. The van der Waals surface area contributed by atoms with E-state index >= 15 is 0 Å². The van der Waals surface area contributed by atoms with Gasteiger partial charge in [0.15, 0.2) is 0 Å². The van der Waals surface area contributed by atoms with Crippen molar-refractivity contribution in [3.63, 3.8) is 0 Å². The SMILES string of the molecule is Cc1cc(N2CCCC2)nc(NCCNS(=O)(=O)CCOc2ccccc2)n1. The number of ether oxygens (including phenoxy) is 1. The molecule has 2 N–H and O–H groups in total. The molecule has 2 aromatic rings. The molecule has 1 aromatic heterocycles. The lowest BCUT2D eigenvalue weighted by Gasteiger charge is -2.17.